The van der Waals surface area contributed by atoms with Crippen molar-refractivity contribution < 1.29 is 8.42 Å². The zero-order valence-corrected chi connectivity index (χ0v) is 9.68. The van der Waals surface area contributed by atoms with Crippen LogP contribution in [0.2, 0.25) is 0 Å². The largest absolute Gasteiger partial charge is 0.310 e. The number of allylic oxidation sites excluding steroid dienone is 1. The van der Waals surface area contributed by atoms with E-state index >= 15 is 0 Å². The molecule has 0 fully saturated rings. The smallest absolute Gasteiger partial charge is 0.148 e. The predicted molar refractivity (Wildman–Crippen MR) is 59.1 cm³/mol. The van der Waals surface area contributed by atoms with Crippen LogP contribution >= 0.6 is 0 Å². The second-order valence-electron chi connectivity index (χ2n) is 4.14. The van der Waals surface area contributed by atoms with Crippen LogP contribution in [0.25, 0.3) is 0 Å². The van der Waals surface area contributed by atoms with Gasteiger partial charge in [-0.25, -0.2) is 8.42 Å². The molecule has 0 saturated carbocycles. The third-order valence-electron chi connectivity index (χ3n) is 2.34. The van der Waals surface area contributed by atoms with E-state index in [2.05, 4.69) is 17.5 Å². The third kappa shape index (κ3) is 4.77. The SMILES string of the molecule is CC(CS(C)(=O)=O)NC1CC=CCC1. The molecule has 2 unspecified atom stereocenters. The topological polar surface area (TPSA) is 46.2 Å². The van der Waals surface area contributed by atoms with Gasteiger partial charge in [0.1, 0.15) is 9.84 Å². The van der Waals surface area contributed by atoms with Gasteiger partial charge in [0.2, 0.25) is 0 Å². The highest BCUT2D eigenvalue weighted by atomic mass is 32.2. The average molecular weight is 217 g/mol. The van der Waals surface area contributed by atoms with Crippen LogP contribution in [0.15, 0.2) is 12.2 Å². The molecule has 0 radical (unpaired) electrons. The van der Waals surface area contributed by atoms with Crippen molar-refractivity contribution in [1.29, 1.82) is 0 Å². The molecule has 4 heteroatoms. The van der Waals surface area contributed by atoms with Gasteiger partial charge in [-0.05, 0) is 26.2 Å². The highest BCUT2D eigenvalue weighted by Crippen LogP contribution is 2.11. The fourth-order valence-electron chi connectivity index (χ4n) is 1.85. The average Bonchev–Trinajstić information content (AvgIpc) is 2.02. The van der Waals surface area contributed by atoms with Crippen molar-refractivity contribution in [2.45, 2.75) is 38.3 Å². The molecule has 0 spiro atoms. The molecule has 14 heavy (non-hydrogen) atoms. The van der Waals surface area contributed by atoms with Crippen molar-refractivity contribution in [2.24, 2.45) is 0 Å². The molecule has 0 saturated heterocycles. The Hall–Kier alpha value is -0.350. The Bertz CT molecular complexity index is 295. The molecule has 0 aromatic rings. The van der Waals surface area contributed by atoms with Gasteiger partial charge in [-0.2, -0.15) is 0 Å². The Balaban J connectivity index is 2.33. The summed E-state index contributed by atoms with van der Waals surface area (Å²) >= 11 is 0. The first-order valence-corrected chi connectivity index (χ1v) is 7.12. The fraction of sp³-hybridized carbons (Fsp3) is 0.800. The zero-order chi connectivity index (χ0) is 10.6. The Labute approximate surface area is 86.5 Å². The van der Waals surface area contributed by atoms with Gasteiger partial charge in [0, 0.05) is 18.3 Å². The van der Waals surface area contributed by atoms with Gasteiger partial charge in [0.15, 0.2) is 0 Å². The standard InChI is InChI=1S/C10H19NO2S/c1-9(8-14(2,12)13)11-10-6-4-3-5-7-10/h3-4,9-11H,5-8H2,1-2H3. The molecule has 82 valence electrons. The van der Waals surface area contributed by atoms with Crippen molar-refractivity contribution >= 4 is 9.84 Å². The van der Waals surface area contributed by atoms with Crippen LogP contribution in [-0.2, 0) is 9.84 Å². The maximum atomic E-state index is 11.0. The number of hydrogen-bond donors (Lipinski definition) is 1. The summed E-state index contributed by atoms with van der Waals surface area (Å²) in [5.74, 6) is 0.229. The molecular weight excluding hydrogens is 198 g/mol. The second-order valence-corrected chi connectivity index (χ2v) is 6.33. The number of sulfone groups is 1. The molecule has 2 atom stereocenters. The normalized spacial score (nSPS) is 24.9. The highest BCUT2D eigenvalue weighted by molar-refractivity contribution is 7.90. The summed E-state index contributed by atoms with van der Waals surface area (Å²) in [6.07, 6.45) is 8.86. The van der Waals surface area contributed by atoms with Crippen molar-refractivity contribution in [3.05, 3.63) is 12.2 Å². The predicted octanol–water partition coefficient (Wildman–Crippen LogP) is 1.12. The molecule has 1 aliphatic rings. The quantitative estimate of drug-likeness (QED) is 0.718. The maximum absolute atomic E-state index is 11.0. The lowest BCUT2D eigenvalue weighted by Crippen LogP contribution is -2.40. The van der Waals surface area contributed by atoms with Crippen LogP contribution in [0, 0.1) is 0 Å². The van der Waals surface area contributed by atoms with E-state index < -0.39 is 9.84 Å². The Morgan fingerprint density at radius 3 is 2.71 bits per heavy atom. The molecule has 1 N–H and O–H groups in total. The minimum atomic E-state index is -2.85. The molecule has 3 nitrogen and oxygen atoms in total. The molecule has 0 amide bonds. The number of rotatable bonds is 4. The Kier molecular flexibility index (Phi) is 4.13. The van der Waals surface area contributed by atoms with Crippen LogP contribution in [-0.4, -0.2) is 32.5 Å². The lowest BCUT2D eigenvalue weighted by molar-refractivity contribution is 0.433. The van der Waals surface area contributed by atoms with Gasteiger partial charge < -0.3 is 5.32 Å². The molecule has 0 aliphatic heterocycles. The van der Waals surface area contributed by atoms with Gasteiger partial charge in [-0.15, -0.1) is 0 Å². The van der Waals surface area contributed by atoms with E-state index in [-0.39, 0.29) is 11.8 Å². The first-order chi connectivity index (χ1) is 6.47. The van der Waals surface area contributed by atoms with Gasteiger partial charge in [0.05, 0.1) is 5.75 Å². The van der Waals surface area contributed by atoms with Gasteiger partial charge >= 0.3 is 0 Å². The molecular formula is C10H19NO2S. The van der Waals surface area contributed by atoms with Gasteiger partial charge in [-0.1, -0.05) is 12.2 Å². The van der Waals surface area contributed by atoms with E-state index in [0.29, 0.717) is 6.04 Å². The lowest BCUT2D eigenvalue weighted by Gasteiger charge is -2.23. The number of nitrogens with one attached hydrogen (secondary N) is 1. The lowest BCUT2D eigenvalue weighted by atomic mass is 10.0. The fourth-order valence-corrected chi connectivity index (χ4v) is 2.85. The highest BCUT2D eigenvalue weighted by Gasteiger charge is 2.15. The summed E-state index contributed by atoms with van der Waals surface area (Å²) in [4.78, 5) is 0. The van der Waals surface area contributed by atoms with E-state index in [0.717, 1.165) is 19.3 Å². The van der Waals surface area contributed by atoms with E-state index in [1.807, 2.05) is 6.92 Å². The minimum Gasteiger partial charge on any atom is -0.310 e. The van der Waals surface area contributed by atoms with E-state index in [4.69, 9.17) is 0 Å². The van der Waals surface area contributed by atoms with Crippen LogP contribution in [0.3, 0.4) is 0 Å². The molecule has 0 aromatic carbocycles. The van der Waals surface area contributed by atoms with Crippen LogP contribution in [0.4, 0.5) is 0 Å². The molecule has 0 aromatic heterocycles. The van der Waals surface area contributed by atoms with Crippen molar-refractivity contribution in [1.82, 2.24) is 5.32 Å². The van der Waals surface area contributed by atoms with E-state index in [1.54, 1.807) is 0 Å². The molecule has 1 rings (SSSR count). The molecule has 0 heterocycles. The molecule has 0 bridgehead atoms. The van der Waals surface area contributed by atoms with E-state index in [1.165, 1.54) is 6.26 Å². The molecule has 1 aliphatic carbocycles. The summed E-state index contributed by atoms with van der Waals surface area (Å²) in [5, 5.41) is 3.34. The van der Waals surface area contributed by atoms with Crippen LogP contribution < -0.4 is 5.32 Å². The Morgan fingerprint density at radius 2 is 2.21 bits per heavy atom. The van der Waals surface area contributed by atoms with Crippen molar-refractivity contribution in [3.63, 3.8) is 0 Å². The first-order valence-electron chi connectivity index (χ1n) is 5.06. The van der Waals surface area contributed by atoms with Gasteiger partial charge in [-0.3, -0.25) is 0 Å². The van der Waals surface area contributed by atoms with E-state index in [9.17, 15) is 8.42 Å². The van der Waals surface area contributed by atoms with Crippen LogP contribution in [0.1, 0.15) is 26.2 Å². The van der Waals surface area contributed by atoms with Crippen LogP contribution in [0.5, 0.6) is 0 Å². The summed E-state index contributed by atoms with van der Waals surface area (Å²) < 4.78 is 22.1. The van der Waals surface area contributed by atoms with Gasteiger partial charge in [0.25, 0.3) is 0 Å². The maximum Gasteiger partial charge on any atom is 0.148 e. The second kappa shape index (κ2) is 4.94. The minimum absolute atomic E-state index is 0.0569. The van der Waals surface area contributed by atoms with Crippen molar-refractivity contribution in [3.8, 4) is 0 Å². The summed E-state index contributed by atoms with van der Waals surface area (Å²) in [5.41, 5.74) is 0. The summed E-state index contributed by atoms with van der Waals surface area (Å²) in [6.45, 7) is 1.93. The van der Waals surface area contributed by atoms with Crippen molar-refractivity contribution in [2.75, 3.05) is 12.0 Å². The summed E-state index contributed by atoms with van der Waals surface area (Å²) in [7, 11) is -2.85. The first kappa shape index (κ1) is 11.7. The number of hydrogen-bond acceptors (Lipinski definition) is 3. The zero-order valence-electron chi connectivity index (χ0n) is 8.86. The summed E-state index contributed by atoms with van der Waals surface area (Å²) in [6, 6.07) is 0.512. The Morgan fingerprint density at radius 1 is 1.50 bits per heavy atom. The third-order valence-corrected chi connectivity index (χ3v) is 3.45. The monoisotopic (exact) mass is 217 g/mol.